The second-order valence-electron chi connectivity index (χ2n) is 6.31. The molecule has 1 rings (SSSR count). The number of carbonyl (C=O) groups excluding carboxylic acids is 1. The van der Waals surface area contributed by atoms with Gasteiger partial charge in [0.05, 0.1) is 11.7 Å². The van der Waals surface area contributed by atoms with E-state index in [1.165, 1.54) is 0 Å². The highest BCUT2D eigenvalue weighted by molar-refractivity contribution is 6.17. The van der Waals surface area contributed by atoms with Crippen LogP contribution in [0.5, 0.6) is 0 Å². The van der Waals surface area contributed by atoms with Crippen LogP contribution in [-0.4, -0.2) is 35.4 Å². The highest BCUT2D eigenvalue weighted by atomic mass is 35.5. The van der Waals surface area contributed by atoms with Crippen molar-refractivity contribution in [3.63, 3.8) is 0 Å². The van der Waals surface area contributed by atoms with Gasteiger partial charge < -0.3 is 4.90 Å². The molecule has 0 unspecified atom stereocenters. The smallest absolute Gasteiger partial charge is 0.243 e. The molecule has 1 saturated heterocycles. The van der Waals surface area contributed by atoms with E-state index in [9.17, 15) is 4.79 Å². The highest BCUT2D eigenvalue weighted by Gasteiger charge is 2.49. The Kier molecular flexibility index (Phi) is 4.48. The summed E-state index contributed by atoms with van der Waals surface area (Å²) in [5, 5.41) is 3.50. The van der Waals surface area contributed by atoms with Gasteiger partial charge in [0.1, 0.15) is 0 Å². The monoisotopic (exact) mass is 260 g/mol. The van der Waals surface area contributed by atoms with E-state index < -0.39 is 5.54 Å². The number of amides is 1. The topological polar surface area (TPSA) is 32.3 Å². The lowest BCUT2D eigenvalue weighted by molar-refractivity contribution is -0.132. The molecule has 3 nitrogen and oxygen atoms in total. The molecule has 1 amide bonds. The Labute approximate surface area is 110 Å². The van der Waals surface area contributed by atoms with Crippen LogP contribution in [0, 0.1) is 5.41 Å². The van der Waals surface area contributed by atoms with Crippen molar-refractivity contribution in [3.8, 4) is 0 Å². The van der Waals surface area contributed by atoms with Gasteiger partial charge in [0.15, 0.2) is 0 Å². The van der Waals surface area contributed by atoms with E-state index in [4.69, 9.17) is 11.6 Å². The van der Waals surface area contributed by atoms with Crippen molar-refractivity contribution in [1.82, 2.24) is 10.2 Å². The largest absolute Gasteiger partial charge is 0.328 e. The minimum atomic E-state index is -0.418. The van der Waals surface area contributed by atoms with E-state index in [0.717, 1.165) is 19.3 Å². The van der Waals surface area contributed by atoms with Gasteiger partial charge in [-0.15, -0.1) is 11.6 Å². The molecule has 1 aliphatic heterocycles. The van der Waals surface area contributed by atoms with E-state index in [2.05, 4.69) is 26.1 Å². The molecular formula is C13H25ClN2O. The van der Waals surface area contributed by atoms with Crippen molar-refractivity contribution in [2.75, 3.05) is 12.9 Å². The molecule has 0 aromatic heterocycles. The average Bonchev–Trinajstić information content (AvgIpc) is 2.43. The maximum absolute atomic E-state index is 12.3. The van der Waals surface area contributed by atoms with Crippen molar-refractivity contribution < 1.29 is 4.79 Å². The quantitative estimate of drug-likeness (QED) is 0.623. The summed E-state index contributed by atoms with van der Waals surface area (Å²) in [5.41, 5.74) is -0.368. The lowest BCUT2D eigenvalue weighted by Gasteiger charge is -2.32. The van der Waals surface area contributed by atoms with Crippen LogP contribution >= 0.6 is 11.6 Å². The molecule has 0 saturated carbocycles. The average molecular weight is 261 g/mol. The molecule has 0 bridgehead atoms. The fourth-order valence-corrected chi connectivity index (χ4v) is 2.71. The Balaban J connectivity index is 2.73. The number of nitrogens with one attached hydrogen (secondary N) is 1. The van der Waals surface area contributed by atoms with Crippen LogP contribution in [0.2, 0.25) is 0 Å². The van der Waals surface area contributed by atoms with Gasteiger partial charge in [-0.3, -0.25) is 10.1 Å². The molecule has 0 aromatic rings. The van der Waals surface area contributed by atoms with Crippen LogP contribution in [-0.2, 0) is 4.79 Å². The Morgan fingerprint density at radius 3 is 2.41 bits per heavy atom. The summed E-state index contributed by atoms with van der Waals surface area (Å²) in [6.07, 6.45) is 2.92. The molecule has 0 spiro atoms. The highest BCUT2D eigenvalue weighted by Crippen LogP contribution is 2.32. The Morgan fingerprint density at radius 1 is 1.41 bits per heavy atom. The second-order valence-corrected chi connectivity index (χ2v) is 6.69. The molecule has 0 aliphatic carbocycles. The van der Waals surface area contributed by atoms with Gasteiger partial charge in [-0.1, -0.05) is 20.8 Å². The summed E-state index contributed by atoms with van der Waals surface area (Å²) < 4.78 is 0. The molecule has 17 heavy (non-hydrogen) atoms. The predicted octanol–water partition coefficient (Wildman–Crippen LogP) is 2.59. The number of carbonyl (C=O) groups is 1. The molecule has 100 valence electrons. The number of nitrogens with zero attached hydrogens (tertiary/aromatic N) is 1. The summed E-state index contributed by atoms with van der Waals surface area (Å²) >= 11 is 5.68. The van der Waals surface area contributed by atoms with Crippen molar-refractivity contribution >= 4 is 17.5 Å². The fraction of sp³-hybridized carbons (Fsp3) is 0.923. The molecule has 2 atom stereocenters. The first kappa shape index (κ1) is 14.8. The van der Waals surface area contributed by atoms with Gasteiger partial charge in [-0.25, -0.2) is 0 Å². The van der Waals surface area contributed by atoms with E-state index in [0.29, 0.717) is 5.88 Å². The zero-order valence-electron chi connectivity index (χ0n) is 11.6. The van der Waals surface area contributed by atoms with Gasteiger partial charge in [0.25, 0.3) is 0 Å². The maximum Gasteiger partial charge on any atom is 0.243 e. The van der Waals surface area contributed by atoms with Crippen LogP contribution in [0.1, 0.15) is 47.0 Å². The molecular weight excluding hydrogens is 236 g/mol. The van der Waals surface area contributed by atoms with Gasteiger partial charge in [0.2, 0.25) is 5.91 Å². The number of alkyl halides is 1. The van der Waals surface area contributed by atoms with Crippen LogP contribution in [0.15, 0.2) is 0 Å². The lowest BCUT2D eigenvalue weighted by atomic mass is 9.91. The Hall–Kier alpha value is -0.280. The Morgan fingerprint density at radius 2 is 2.00 bits per heavy atom. The number of halogens is 1. The lowest BCUT2D eigenvalue weighted by Crippen LogP contribution is -2.48. The molecule has 1 N–H and O–H groups in total. The second kappa shape index (κ2) is 5.15. The van der Waals surface area contributed by atoms with Crippen LogP contribution in [0.4, 0.5) is 0 Å². The first-order chi connectivity index (χ1) is 7.72. The first-order valence-corrected chi connectivity index (χ1v) is 6.87. The van der Waals surface area contributed by atoms with Crippen molar-refractivity contribution in [2.24, 2.45) is 5.41 Å². The minimum absolute atomic E-state index is 0.0503. The summed E-state index contributed by atoms with van der Waals surface area (Å²) in [4.78, 5) is 14.2. The number of unbranched alkanes of at least 4 members (excludes halogenated alkanes) is 1. The number of hydrogen-bond acceptors (Lipinski definition) is 2. The standard InChI is InChI=1S/C13H25ClN2O/c1-12(2,3)10-15-13(4,8-6-7-9-14)11(17)16(10)5/h10,15H,6-9H2,1-5H3/t10-,13+/m0/s1. The molecule has 1 aliphatic rings. The molecule has 0 radical (unpaired) electrons. The van der Waals surface area contributed by atoms with Crippen LogP contribution < -0.4 is 5.32 Å². The van der Waals surface area contributed by atoms with E-state index in [1.54, 1.807) is 0 Å². The van der Waals surface area contributed by atoms with Crippen molar-refractivity contribution in [2.45, 2.75) is 58.7 Å². The van der Waals surface area contributed by atoms with E-state index in [1.807, 2.05) is 18.9 Å². The van der Waals surface area contributed by atoms with Gasteiger partial charge in [-0.05, 0) is 31.6 Å². The van der Waals surface area contributed by atoms with Gasteiger partial charge in [0, 0.05) is 12.9 Å². The number of hydrogen-bond donors (Lipinski definition) is 1. The minimum Gasteiger partial charge on any atom is -0.328 e. The fourth-order valence-electron chi connectivity index (χ4n) is 2.52. The summed E-state index contributed by atoms with van der Waals surface area (Å²) in [6.45, 7) is 8.46. The predicted molar refractivity (Wildman–Crippen MR) is 72.1 cm³/mol. The molecule has 1 fully saturated rings. The Bertz CT molecular complexity index is 288. The third-order valence-corrected chi connectivity index (χ3v) is 3.78. The molecule has 4 heteroatoms. The summed E-state index contributed by atoms with van der Waals surface area (Å²) in [6, 6.07) is 0. The maximum atomic E-state index is 12.3. The normalized spacial score (nSPS) is 30.1. The van der Waals surface area contributed by atoms with E-state index >= 15 is 0 Å². The number of rotatable bonds is 4. The number of likely N-dealkylation sites (N-methyl/N-ethyl adjacent to an activating group) is 1. The van der Waals surface area contributed by atoms with Gasteiger partial charge in [-0.2, -0.15) is 0 Å². The third kappa shape index (κ3) is 3.14. The third-order valence-electron chi connectivity index (χ3n) is 3.52. The van der Waals surface area contributed by atoms with Crippen molar-refractivity contribution in [1.29, 1.82) is 0 Å². The zero-order chi connectivity index (χ0) is 13.3. The zero-order valence-corrected chi connectivity index (χ0v) is 12.4. The summed E-state index contributed by atoms with van der Waals surface area (Å²) in [7, 11) is 1.89. The van der Waals surface area contributed by atoms with E-state index in [-0.39, 0.29) is 17.5 Å². The first-order valence-electron chi connectivity index (χ1n) is 6.33. The molecule has 1 heterocycles. The molecule has 0 aromatic carbocycles. The van der Waals surface area contributed by atoms with Crippen molar-refractivity contribution in [3.05, 3.63) is 0 Å². The SMILES string of the molecule is CN1C(=O)[C@@](C)(CCCCCl)N[C@@H]1C(C)(C)C. The van der Waals surface area contributed by atoms with Crippen LogP contribution in [0.25, 0.3) is 0 Å². The van der Waals surface area contributed by atoms with Gasteiger partial charge >= 0.3 is 0 Å². The summed E-state index contributed by atoms with van der Waals surface area (Å²) in [5.74, 6) is 0.870. The van der Waals surface area contributed by atoms with Crippen LogP contribution in [0.3, 0.4) is 0 Å².